The largest absolute Gasteiger partial charge is 0.484 e. The van der Waals surface area contributed by atoms with E-state index in [2.05, 4.69) is 33.4 Å². The van der Waals surface area contributed by atoms with Crippen molar-refractivity contribution in [2.24, 2.45) is 0 Å². The molecule has 0 saturated carbocycles. The summed E-state index contributed by atoms with van der Waals surface area (Å²) in [5.74, 6) is 2.97. The van der Waals surface area contributed by atoms with Crippen molar-refractivity contribution in [1.29, 1.82) is 0 Å². The molecule has 1 heterocycles. The molecule has 0 unspecified atom stereocenters. The number of rotatable bonds is 5. The van der Waals surface area contributed by atoms with Gasteiger partial charge in [0.1, 0.15) is 5.75 Å². The Morgan fingerprint density at radius 3 is 2.39 bits per heavy atom. The van der Waals surface area contributed by atoms with E-state index in [0.29, 0.717) is 10.3 Å². The van der Waals surface area contributed by atoms with Crippen LogP contribution < -0.4 is 10.1 Å². The summed E-state index contributed by atoms with van der Waals surface area (Å²) in [5.41, 5.74) is 2.07. The monoisotopic (exact) mass is 409 g/mol. The second kappa shape index (κ2) is 8.13. The summed E-state index contributed by atoms with van der Waals surface area (Å²) < 4.78 is 7.06. The van der Waals surface area contributed by atoms with E-state index in [4.69, 9.17) is 4.74 Å². The summed E-state index contributed by atoms with van der Waals surface area (Å²) in [6, 6.07) is 15.5. The summed E-state index contributed by atoms with van der Waals surface area (Å²) in [6.45, 7) is 0.00232. The number of benzene rings is 2. The zero-order valence-electron chi connectivity index (χ0n) is 12.3. The number of anilines is 1. The van der Waals surface area contributed by atoms with E-state index in [1.165, 1.54) is 17.1 Å². The van der Waals surface area contributed by atoms with Crippen molar-refractivity contribution in [1.82, 2.24) is 0 Å². The third-order valence-electron chi connectivity index (χ3n) is 3.27. The van der Waals surface area contributed by atoms with Gasteiger partial charge in [0.2, 0.25) is 0 Å². The maximum Gasteiger partial charge on any atom is 0.262 e. The van der Waals surface area contributed by atoms with Crippen LogP contribution in [0.25, 0.3) is 0 Å². The Morgan fingerprint density at radius 1 is 1.09 bits per heavy atom. The molecule has 120 valence electrons. The SMILES string of the molecule is O=C(COc1ccc(C2SCCS2)cc1)Nc1ccc(Br)cc1. The van der Waals surface area contributed by atoms with Gasteiger partial charge in [-0.1, -0.05) is 28.1 Å². The number of halogens is 1. The lowest BCUT2D eigenvalue weighted by atomic mass is 10.2. The molecular formula is C17H16BrNO2S2. The minimum atomic E-state index is -0.168. The summed E-state index contributed by atoms with van der Waals surface area (Å²) in [4.78, 5) is 11.9. The van der Waals surface area contributed by atoms with Crippen LogP contribution >= 0.6 is 39.5 Å². The lowest BCUT2D eigenvalue weighted by Gasteiger charge is -2.10. The standard InChI is InChI=1S/C17H16BrNO2S2/c18-13-3-5-14(6-4-13)19-16(20)11-21-15-7-1-12(2-8-15)17-22-9-10-23-17/h1-8,17H,9-11H2,(H,19,20). The summed E-state index contributed by atoms with van der Waals surface area (Å²) >= 11 is 7.32. The van der Waals surface area contributed by atoms with Crippen LogP contribution in [0.5, 0.6) is 5.75 Å². The number of amides is 1. The van der Waals surface area contributed by atoms with Crippen molar-refractivity contribution >= 4 is 51.0 Å². The van der Waals surface area contributed by atoms with Crippen LogP contribution in [-0.4, -0.2) is 24.0 Å². The number of carbonyl (C=O) groups is 1. The smallest absolute Gasteiger partial charge is 0.262 e. The van der Waals surface area contributed by atoms with Crippen molar-refractivity contribution in [2.75, 3.05) is 23.4 Å². The molecule has 1 aliphatic heterocycles. The average molecular weight is 410 g/mol. The van der Waals surface area contributed by atoms with Crippen LogP contribution in [0.4, 0.5) is 5.69 Å². The highest BCUT2D eigenvalue weighted by atomic mass is 79.9. The fourth-order valence-electron chi connectivity index (χ4n) is 2.15. The van der Waals surface area contributed by atoms with Gasteiger partial charge < -0.3 is 10.1 Å². The third kappa shape index (κ3) is 4.93. The van der Waals surface area contributed by atoms with E-state index in [1.54, 1.807) is 0 Å². The van der Waals surface area contributed by atoms with Crippen LogP contribution in [0.2, 0.25) is 0 Å². The fourth-order valence-corrected chi connectivity index (χ4v) is 5.27. The van der Waals surface area contributed by atoms with E-state index in [1.807, 2.05) is 59.9 Å². The Balaban J connectivity index is 1.49. The summed E-state index contributed by atoms with van der Waals surface area (Å²) in [5, 5.41) is 2.80. The van der Waals surface area contributed by atoms with E-state index in [9.17, 15) is 4.79 Å². The van der Waals surface area contributed by atoms with Crippen molar-refractivity contribution in [3.05, 3.63) is 58.6 Å². The first-order valence-electron chi connectivity index (χ1n) is 7.22. The highest BCUT2D eigenvalue weighted by Crippen LogP contribution is 2.45. The average Bonchev–Trinajstić information content (AvgIpc) is 3.10. The van der Waals surface area contributed by atoms with Gasteiger partial charge >= 0.3 is 0 Å². The minimum Gasteiger partial charge on any atom is -0.484 e. The molecule has 23 heavy (non-hydrogen) atoms. The molecular weight excluding hydrogens is 394 g/mol. The highest BCUT2D eigenvalue weighted by molar-refractivity contribution is 9.10. The molecule has 0 radical (unpaired) electrons. The third-order valence-corrected chi connectivity index (χ3v) is 6.91. The molecule has 1 fully saturated rings. The predicted molar refractivity (Wildman–Crippen MR) is 102 cm³/mol. The Labute approximate surface area is 152 Å². The molecule has 2 aromatic carbocycles. The first-order chi connectivity index (χ1) is 11.2. The first-order valence-corrected chi connectivity index (χ1v) is 10.1. The highest BCUT2D eigenvalue weighted by Gasteiger charge is 2.17. The lowest BCUT2D eigenvalue weighted by molar-refractivity contribution is -0.118. The molecule has 1 N–H and O–H groups in total. The molecule has 1 amide bonds. The van der Waals surface area contributed by atoms with Crippen molar-refractivity contribution in [2.45, 2.75) is 4.58 Å². The molecule has 1 saturated heterocycles. The van der Waals surface area contributed by atoms with Crippen molar-refractivity contribution in [3.8, 4) is 5.75 Å². The van der Waals surface area contributed by atoms with Gasteiger partial charge in [0.25, 0.3) is 5.91 Å². The van der Waals surface area contributed by atoms with E-state index in [-0.39, 0.29) is 12.5 Å². The van der Waals surface area contributed by atoms with Crippen LogP contribution in [-0.2, 0) is 4.79 Å². The molecule has 0 aromatic heterocycles. The zero-order chi connectivity index (χ0) is 16.1. The Bertz CT molecular complexity index is 655. The number of ether oxygens (including phenoxy) is 1. The maximum absolute atomic E-state index is 11.9. The van der Waals surface area contributed by atoms with Gasteiger partial charge in [-0.2, -0.15) is 0 Å². The predicted octanol–water partition coefficient (Wildman–Crippen LogP) is 4.95. The van der Waals surface area contributed by atoms with E-state index in [0.717, 1.165) is 10.2 Å². The number of carbonyl (C=O) groups excluding carboxylic acids is 1. The van der Waals surface area contributed by atoms with Gasteiger partial charge in [-0.15, -0.1) is 23.5 Å². The Hall–Kier alpha value is -1.11. The molecule has 0 spiro atoms. The number of hydrogen-bond donors (Lipinski definition) is 1. The molecule has 0 bridgehead atoms. The normalized spacial score (nSPS) is 14.7. The molecule has 2 aromatic rings. The second-order valence-corrected chi connectivity index (χ2v) is 8.63. The molecule has 0 aliphatic carbocycles. The van der Waals surface area contributed by atoms with Gasteiger partial charge in [-0.3, -0.25) is 4.79 Å². The second-order valence-electron chi connectivity index (χ2n) is 4.99. The lowest BCUT2D eigenvalue weighted by Crippen LogP contribution is -2.20. The number of hydrogen-bond acceptors (Lipinski definition) is 4. The Morgan fingerprint density at radius 2 is 1.74 bits per heavy atom. The van der Waals surface area contributed by atoms with Gasteiger partial charge in [0, 0.05) is 21.7 Å². The van der Waals surface area contributed by atoms with Gasteiger partial charge in [0.15, 0.2) is 6.61 Å². The molecule has 3 rings (SSSR count). The summed E-state index contributed by atoms with van der Waals surface area (Å²) in [6.07, 6.45) is 0. The minimum absolute atomic E-state index is 0.00232. The quantitative estimate of drug-likeness (QED) is 0.758. The van der Waals surface area contributed by atoms with E-state index < -0.39 is 0 Å². The number of nitrogens with one attached hydrogen (secondary N) is 1. The van der Waals surface area contributed by atoms with Gasteiger partial charge in [-0.25, -0.2) is 0 Å². The fraction of sp³-hybridized carbons (Fsp3) is 0.235. The van der Waals surface area contributed by atoms with Crippen LogP contribution in [0.1, 0.15) is 10.1 Å². The van der Waals surface area contributed by atoms with Gasteiger partial charge in [-0.05, 0) is 42.0 Å². The van der Waals surface area contributed by atoms with Crippen LogP contribution in [0.15, 0.2) is 53.0 Å². The van der Waals surface area contributed by atoms with Crippen LogP contribution in [0, 0.1) is 0 Å². The van der Waals surface area contributed by atoms with Crippen LogP contribution in [0.3, 0.4) is 0 Å². The maximum atomic E-state index is 11.9. The topological polar surface area (TPSA) is 38.3 Å². The number of thioether (sulfide) groups is 2. The zero-order valence-corrected chi connectivity index (χ0v) is 15.5. The molecule has 1 aliphatic rings. The first kappa shape index (κ1) is 16.7. The molecule has 6 heteroatoms. The van der Waals surface area contributed by atoms with Crippen molar-refractivity contribution < 1.29 is 9.53 Å². The Kier molecular flexibility index (Phi) is 5.91. The molecule has 0 atom stereocenters. The van der Waals surface area contributed by atoms with Crippen molar-refractivity contribution in [3.63, 3.8) is 0 Å². The summed E-state index contributed by atoms with van der Waals surface area (Å²) in [7, 11) is 0. The van der Waals surface area contributed by atoms with E-state index >= 15 is 0 Å². The molecule has 3 nitrogen and oxygen atoms in total. The van der Waals surface area contributed by atoms with Gasteiger partial charge in [0.05, 0.1) is 4.58 Å².